The van der Waals surface area contributed by atoms with Crippen LogP contribution >= 0.6 is 11.6 Å². The van der Waals surface area contributed by atoms with E-state index in [1.807, 2.05) is 19.0 Å². The van der Waals surface area contributed by atoms with Crippen LogP contribution in [-0.4, -0.2) is 69.1 Å². The molecule has 0 aliphatic carbocycles. The first kappa shape index (κ1) is 26.7. The third-order valence-electron chi connectivity index (χ3n) is 5.66. The van der Waals surface area contributed by atoms with Crippen molar-refractivity contribution in [3.05, 3.63) is 59.1 Å². The van der Waals surface area contributed by atoms with E-state index in [0.29, 0.717) is 35.8 Å². The first-order valence-electron chi connectivity index (χ1n) is 11.8. The van der Waals surface area contributed by atoms with Gasteiger partial charge in [-0.1, -0.05) is 11.6 Å². The van der Waals surface area contributed by atoms with Gasteiger partial charge < -0.3 is 25.2 Å². The highest BCUT2D eigenvalue weighted by molar-refractivity contribution is 6.30. The van der Waals surface area contributed by atoms with E-state index in [1.54, 1.807) is 53.4 Å². The van der Waals surface area contributed by atoms with Crippen molar-refractivity contribution in [3.63, 3.8) is 0 Å². The molecule has 1 aliphatic rings. The number of piperidine rings is 1. The van der Waals surface area contributed by atoms with Gasteiger partial charge in [-0.15, -0.1) is 0 Å². The average Bonchev–Trinajstić information content (AvgIpc) is 2.83. The van der Waals surface area contributed by atoms with Crippen molar-refractivity contribution in [2.24, 2.45) is 0 Å². The topological polar surface area (TPSA) is 91.0 Å². The molecule has 0 bridgehead atoms. The third kappa shape index (κ3) is 8.65. The molecule has 2 aromatic carbocycles. The van der Waals surface area contributed by atoms with E-state index in [2.05, 4.69) is 10.6 Å². The lowest BCUT2D eigenvalue weighted by molar-refractivity contribution is -0.119. The van der Waals surface area contributed by atoms with Gasteiger partial charge in [0.1, 0.15) is 0 Å². The second-order valence-electron chi connectivity index (χ2n) is 8.86. The summed E-state index contributed by atoms with van der Waals surface area (Å²) in [7, 11) is 3.90. The average molecular weight is 501 g/mol. The summed E-state index contributed by atoms with van der Waals surface area (Å²) in [5.41, 5.74) is 1.87. The monoisotopic (exact) mass is 500 g/mol. The molecule has 1 aliphatic heterocycles. The summed E-state index contributed by atoms with van der Waals surface area (Å²) < 4.78 is 5.72. The molecule has 2 aromatic rings. The number of benzene rings is 2. The zero-order valence-electron chi connectivity index (χ0n) is 20.3. The second kappa shape index (κ2) is 13.2. The number of rotatable bonds is 11. The molecule has 0 radical (unpaired) electrons. The number of carbonyl (C=O) groups excluding carboxylic acids is 3. The van der Waals surface area contributed by atoms with Crippen LogP contribution in [0.25, 0.3) is 0 Å². The Morgan fingerprint density at radius 2 is 1.80 bits per heavy atom. The highest BCUT2D eigenvalue weighted by Crippen LogP contribution is 2.21. The lowest BCUT2D eigenvalue weighted by Crippen LogP contribution is -2.41. The number of hydrogen-bond donors (Lipinski definition) is 2. The summed E-state index contributed by atoms with van der Waals surface area (Å²) in [6.07, 6.45) is 2.49. The van der Waals surface area contributed by atoms with E-state index in [0.717, 1.165) is 25.1 Å². The molecule has 2 N–H and O–H groups in total. The highest BCUT2D eigenvalue weighted by atomic mass is 35.5. The smallest absolute Gasteiger partial charge is 0.251 e. The van der Waals surface area contributed by atoms with E-state index in [4.69, 9.17) is 16.3 Å². The highest BCUT2D eigenvalue weighted by Gasteiger charge is 2.21. The van der Waals surface area contributed by atoms with Gasteiger partial charge in [-0.2, -0.15) is 0 Å². The Kier molecular flexibility index (Phi) is 10.1. The molecule has 1 unspecified atom stereocenters. The fourth-order valence-electron chi connectivity index (χ4n) is 3.73. The lowest BCUT2D eigenvalue weighted by Gasteiger charge is -2.27. The fraction of sp³-hybridized carbons (Fsp3) is 0.423. The predicted octanol–water partition coefficient (Wildman–Crippen LogP) is 3.56. The molecule has 8 nitrogen and oxygen atoms in total. The molecule has 188 valence electrons. The summed E-state index contributed by atoms with van der Waals surface area (Å²) in [5.74, 6) is -0.440. The molecule has 0 spiro atoms. The summed E-state index contributed by atoms with van der Waals surface area (Å²) in [6, 6.07) is 13.3. The number of nitrogens with one attached hydrogen (secondary N) is 2. The molecule has 1 heterocycles. The maximum absolute atomic E-state index is 12.9. The number of nitrogens with zero attached hydrogens (tertiary/aromatic N) is 2. The van der Waals surface area contributed by atoms with Gasteiger partial charge in [0, 0.05) is 47.9 Å². The van der Waals surface area contributed by atoms with Crippen LogP contribution in [0.1, 0.15) is 36.0 Å². The number of anilines is 2. The number of likely N-dealkylation sites (N-methyl/N-ethyl adjacent to an activating group) is 1. The summed E-state index contributed by atoms with van der Waals surface area (Å²) in [4.78, 5) is 41.5. The van der Waals surface area contributed by atoms with Crippen LogP contribution < -0.4 is 15.5 Å². The van der Waals surface area contributed by atoms with Crippen molar-refractivity contribution in [1.29, 1.82) is 0 Å². The van der Waals surface area contributed by atoms with Crippen molar-refractivity contribution in [3.8, 4) is 0 Å². The van der Waals surface area contributed by atoms with Crippen LogP contribution in [0.15, 0.2) is 48.5 Å². The van der Waals surface area contributed by atoms with Crippen LogP contribution in [0, 0.1) is 0 Å². The lowest BCUT2D eigenvalue weighted by atomic mass is 10.1. The zero-order valence-corrected chi connectivity index (χ0v) is 21.0. The van der Waals surface area contributed by atoms with Crippen LogP contribution in [-0.2, 0) is 14.3 Å². The van der Waals surface area contributed by atoms with E-state index in [-0.39, 0.29) is 30.7 Å². The Balaban J connectivity index is 1.61. The quantitative estimate of drug-likeness (QED) is 0.460. The maximum Gasteiger partial charge on any atom is 0.251 e. The van der Waals surface area contributed by atoms with E-state index >= 15 is 0 Å². The molecule has 0 saturated carbocycles. The van der Waals surface area contributed by atoms with Gasteiger partial charge in [0.05, 0.1) is 19.3 Å². The summed E-state index contributed by atoms with van der Waals surface area (Å²) >= 11 is 5.90. The number of halogens is 1. The Labute approximate surface area is 211 Å². The molecule has 9 heteroatoms. The van der Waals surface area contributed by atoms with Crippen molar-refractivity contribution in [2.45, 2.75) is 31.7 Å². The van der Waals surface area contributed by atoms with Gasteiger partial charge >= 0.3 is 0 Å². The molecule has 1 atom stereocenters. The fourth-order valence-corrected chi connectivity index (χ4v) is 3.86. The van der Waals surface area contributed by atoms with Crippen LogP contribution in [0.3, 0.4) is 0 Å². The standard InChI is InChI=1S/C26H33ClN4O4/c1-30(2)15-16-35-18-22(17-24(32)28-21-10-8-20(27)9-11-21)29-26(34)19-6-12-23(13-7-19)31-14-4-3-5-25(31)33/h6-13,22H,3-5,14-18H2,1-2H3,(H,28,32)(H,29,34). The largest absolute Gasteiger partial charge is 0.378 e. The number of amides is 3. The van der Waals surface area contributed by atoms with Crippen LogP contribution in [0.4, 0.5) is 11.4 Å². The minimum Gasteiger partial charge on any atom is -0.378 e. The van der Waals surface area contributed by atoms with Gasteiger partial charge in [-0.3, -0.25) is 14.4 Å². The number of ether oxygens (including phenoxy) is 1. The maximum atomic E-state index is 12.9. The van der Waals surface area contributed by atoms with E-state index in [9.17, 15) is 14.4 Å². The Morgan fingerprint density at radius 1 is 1.09 bits per heavy atom. The molecule has 1 fully saturated rings. The minimum atomic E-state index is -0.514. The van der Waals surface area contributed by atoms with Gasteiger partial charge in [0.2, 0.25) is 11.8 Å². The van der Waals surface area contributed by atoms with Crippen LogP contribution in [0.5, 0.6) is 0 Å². The molecule has 0 aromatic heterocycles. The molecular formula is C26H33ClN4O4. The first-order chi connectivity index (χ1) is 16.8. The normalized spacial score (nSPS) is 14.6. The van der Waals surface area contributed by atoms with Gasteiger partial charge in [-0.25, -0.2) is 0 Å². The predicted molar refractivity (Wildman–Crippen MR) is 138 cm³/mol. The summed E-state index contributed by atoms with van der Waals surface area (Å²) in [5, 5.41) is 6.32. The van der Waals surface area contributed by atoms with E-state index < -0.39 is 6.04 Å². The number of carbonyl (C=O) groups is 3. The SMILES string of the molecule is CN(C)CCOCC(CC(=O)Nc1ccc(Cl)cc1)NC(=O)c1ccc(N2CCCCC2=O)cc1. The van der Waals surface area contributed by atoms with Gasteiger partial charge in [0.25, 0.3) is 5.91 Å². The molecular weight excluding hydrogens is 468 g/mol. The minimum absolute atomic E-state index is 0.0523. The number of hydrogen-bond acceptors (Lipinski definition) is 5. The third-order valence-corrected chi connectivity index (χ3v) is 5.91. The molecule has 3 rings (SSSR count). The Morgan fingerprint density at radius 3 is 2.46 bits per heavy atom. The van der Waals surface area contributed by atoms with Crippen molar-refractivity contribution >= 4 is 40.7 Å². The zero-order chi connectivity index (χ0) is 25.2. The van der Waals surface area contributed by atoms with Crippen molar-refractivity contribution in [2.75, 3.05) is 50.6 Å². The van der Waals surface area contributed by atoms with Crippen molar-refractivity contribution < 1.29 is 19.1 Å². The summed E-state index contributed by atoms with van der Waals surface area (Å²) in [6.45, 7) is 2.11. The second-order valence-corrected chi connectivity index (χ2v) is 9.29. The van der Waals surface area contributed by atoms with Crippen molar-refractivity contribution in [1.82, 2.24) is 10.2 Å². The van der Waals surface area contributed by atoms with Crippen LogP contribution in [0.2, 0.25) is 5.02 Å². The molecule has 3 amide bonds. The van der Waals surface area contributed by atoms with Gasteiger partial charge in [-0.05, 0) is 75.5 Å². The molecule has 35 heavy (non-hydrogen) atoms. The Bertz CT molecular complexity index is 995. The first-order valence-corrected chi connectivity index (χ1v) is 12.2. The van der Waals surface area contributed by atoms with E-state index in [1.165, 1.54) is 0 Å². The Hall–Kier alpha value is -2.94. The van der Waals surface area contributed by atoms with Gasteiger partial charge in [0.15, 0.2) is 0 Å². The molecule has 1 saturated heterocycles.